The van der Waals surface area contributed by atoms with Gasteiger partial charge in [0.2, 0.25) is 0 Å². The summed E-state index contributed by atoms with van der Waals surface area (Å²) in [4.78, 5) is 0. The molecule has 0 bridgehead atoms. The van der Waals surface area contributed by atoms with Gasteiger partial charge in [-0.1, -0.05) is 0 Å². The number of hydrogen-bond acceptors (Lipinski definition) is 0. The molecule has 0 saturated carbocycles. The van der Waals surface area contributed by atoms with E-state index in [2.05, 4.69) is 130 Å². The van der Waals surface area contributed by atoms with Gasteiger partial charge < -0.3 is 0 Å². The molecule has 0 atom stereocenters. The van der Waals surface area contributed by atoms with Crippen molar-refractivity contribution in [3.63, 3.8) is 0 Å². The zero-order valence-corrected chi connectivity index (χ0v) is 38.9. The second-order valence-electron chi connectivity index (χ2n) is 14.1. The molecule has 0 aromatic rings. The molecule has 0 amide bonds. The summed E-state index contributed by atoms with van der Waals surface area (Å²) in [6.45, 7) is 28.0. The van der Waals surface area contributed by atoms with Gasteiger partial charge in [-0.15, -0.1) is 0 Å². The van der Waals surface area contributed by atoms with Crippen LogP contribution in [0.25, 0.3) is 0 Å². The predicted octanol–water partition coefficient (Wildman–Crippen LogP) is 16.5. The normalized spacial score (nSPS) is 15.1. The first-order chi connectivity index (χ1) is 19.6. The van der Waals surface area contributed by atoms with Gasteiger partial charge in [-0.05, 0) is 0 Å². The minimum atomic E-state index is -1.46. The van der Waals surface area contributed by atoms with Gasteiger partial charge in [0, 0.05) is 0 Å². The summed E-state index contributed by atoms with van der Waals surface area (Å²) in [5.74, 6) is 0. The zero-order valence-electron chi connectivity index (χ0n) is 31.4. The van der Waals surface area contributed by atoms with Crippen molar-refractivity contribution in [2.75, 3.05) is 73.9 Å². The van der Waals surface area contributed by atoms with Gasteiger partial charge in [-0.3, -0.25) is 0 Å². The van der Waals surface area contributed by atoms with Crippen LogP contribution in [0, 0.1) is 0 Å². The Labute approximate surface area is 294 Å². The van der Waals surface area contributed by atoms with E-state index in [1.165, 1.54) is 151 Å². The molecule has 0 spiro atoms. The fraction of sp³-hybridized carbons (Fsp3) is 1.00. The van der Waals surface area contributed by atoms with Crippen molar-refractivity contribution < 1.29 is 0 Å². The van der Waals surface area contributed by atoms with Crippen LogP contribution in [0.4, 0.5) is 0 Å². The van der Waals surface area contributed by atoms with Crippen LogP contribution in [0.1, 0.15) is 160 Å². The Bertz CT molecular complexity index is 448. The molecular formula is C36H84Br3P3. The molecule has 0 aromatic carbocycles. The predicted molar refractivity (Wildman–Crippen MR) is 229 cm³/mol. The Morgan fingerprint density at radius 2 is 0.286 bits per heavy atom. The van der Waals surface area contributed by atoms with Crippen LogP contribution in [0.15, 0.2) is 0 Å². The molecule has 0 rings (SSSR count). The van der Waals surface area contributed by atoms with Crippen molar-refractivity contribution >= 4 is 62.4 Å². The minimum absolute atomic E-state index is 1.35. The summed E-state index contributed by atoms with van der Waals surface area (Å²) in [6.07, 6.45) is 33.7. The Kier molecular flexibility index (Phi) is 29.0. The topological polar surface area (TPSA) is 0 Å². The Morgan fingerprint density at radius 3 is 0.333 bits per heavy atom. The fourth-order valence-electron chi connectivity index (χ4n) is 8.72. The fourth-order valence-corrected chi connectivity index (χ4v) is 38.9. The first-order valence-corrected chi connectivity index (χ1v) is 33.8. The van der Waals surface area contributed by atoms with Crippen LogP contribution in [0.5, 0.6) is 0 Å². The van der Waals surface area contributed by atoms with E-state index in [0.717, 1.165) is 0 Å². The van der Waals surface area contributed by atoms with Gasteiger partial charge in [0.1, 0.15) is 0 Å². The molecule has 0 saturated heterocycles. The van der Waals surface area contributed by atoms with Crippen LogP contribution in [-0.2, 0) is 0 Å². The zero-order chi connectivity index (χ0) is 33.3. The summed E-state index contributed by atoms with van der Waals surface area (Å²) < 4.78 is 0. The quantitative estimate of drug-likeness (QED) is 0.0849. The third-order valence-electron chi connectivity index (χ3n) is 9.39. The van der Waals surface area contributed by atoms with E-state index >= 15 is 0 Å². The third kappa shape index (κ3) is 18.9. The summed E-state index contributed by atoms with van der Waals surface area (Å²) in [6, 6.07) is 0. The molecule has 0 aliphatic heterocycles. The van der Waals surface area contributed by atoms with Crippen molar-refractivity contribution in [2.45, 2.75) is 160 Å². The van der Waals surface area contributed by atoms with Gasteiger partial charge in [-0.25, -0.2) is 0 Å². The first kappa shape index (κ1) is 49.1. The first-order valence-electron chi connectivity index (χ1n) is 18.8. The molecule has 0 nitrogen and oxygen atoms in total. The van der Waals surface area contributed by atoms with E-state index in [-0.39, 0.29) is 0 Å². The SMILES string of the molecule is CCCP(Br)(CCC)(CCC)CCC.CCCP(Br)(CCC)(CCC)CCC.CCCP(Br)(CCC)(CCC)CCC. The van der Waals surface area contributed by atoms with E-state index < -0.39 is 15.9 Å². The Balaban J connectivity index is -0.000000543. The maximum absolute atomic E-state index is 4.26. The average molecular weight is 850 g/mol. The summed E-state index contributed by atoms with van der Waals surface area (Å²) in [5, 5.41) is -4.37. The molecule has 264 valence electrons. The van der Waals surface area contributed by atoms with Crippen LogP contribution < -0.4 is 0 Å². The van der Waals surface area contributed by atoms with Crippen LogP contribution >= 0.6 is 62.4 Å². The molecule has 0 N–H and O–H groups in total. The van der Waals surface area contributed by atoms with Crippen LogP contribution in [0.2, 0.25) is 0 Å². The molecular weight excluding hydrogens is 765 g/mol. The standard InChI is InChI=1S/3C12H28BrP/c3*1-5-9-14(13,10-6-2,11-7-3)12-8-4/h3*5-12H2,1-4H3. The van der Waals surface area contributed by atoms with Crippen molar-refractivity contribution in [1.82, 2.24) is 0 Å². The second kappa shape index (κ2) is 24.8. The molecule has 0 unspecified atom stereocenters. The van der Waals surface area contributed by atoms with E-state index in [1.54, 1.807) is 0 Å². The van der Waals surface area contributed by atoms with Crippen molar-refractivity contribution in [2.24, 2.45) is 0 Å². The third-order valence-corrected chi connectivity index (χ3v) is 40.9. The van der Waals surface area contributed by atoms with Crippen molar-refractivity contribution in [3.8, 4) is 0 Å². The molecule has 0 aliphatic rings. The average Bonchev–Trinajstić information content (AvgIpc) is 2.86. The summed E-state index contributed by atoms with van der Waals surface area (Å²) >= 11 is 12.8. The van der Waals surface area contributed by atoms with Gasteiger partial charge in [0.05, 0.1) is 0 Å². The summed E-state index contributed by atoms with van der Waals surface area (Å²) in [5.41, 5.74) is 0. The number of rotatable bonds is 24. The van der Waals surface area contributed by atoms with E-state index in [4.69, 9.17) is 0 Å². The molecule has 0 heterocycles. The van der Waals surface area contributed by atoms with Gasteiger partial charge in [0.15, 0.2) is 0 Å². The van der Waals surface area contributed by atoms with E-state index in [0.29, 0.717) is 0 Å². The molecule has 6 heteroatoms. The number of halogens is 3. The molecule has 0 aliphatic carbocycles. The molecule has 0 radical (unpaired) electrons. The maximum atomic E-state index is 4.26. The Morgan fingerprint density at radius 1 is 0.214 bits per heavy atom. The Hall–Kier alpha value is 2.73. The van der Waals surface area contributed by atoms with Gasteiger partial charge in [0.25, 0.3) is 0 Å². The second-order valence-corrected chi connectivity index (χ2v) is 48.5. The monoisotopic (exact) mass is 846 g/mol. The van der Waals surface area contributed by atoms with Crippen LogP contribution in [0.3, 0.4) is 0 Å². The van der Waals surface area contributed by atoms with E-state index in [1.807, 2.05) is 0 Å². The molecule has 42 heavy (non-hydrogen) atoms. The van der Waals surface area contributed by atoms with Gasteiger partial charge in [-0.2, -0.15) is 0 Å². The van der Waals surface area contributed by atoms with Crippen molar-refractivity contribution in [3.05, 3.63) is 0 Å². The van der Waals surface area contributed by atoms with Crippen LogP contribution in [-0.4, -0.2) is 73.9 Å². The van der Waals surface area contributed by atoms with Crippen molar-refractivity contribution in [1.29, 1.82) is 0 Å². The summed E-state index contributed by atoms with van der Waals surface area (Å²) in [7, 11) is 0. The van der Waals surface area contributed by atoms with E-state index in [9.17, 15) is 0 Å². The van der Waals surface area contributed by atoms with Gasteiger partial charge >= 0.3 is 296 Å². The molecule has 0 fully saturated rings. The number of hydrogen-bond donors (Lipinski definition) is 0. The molecule has 0 aromatic heterocycles.